The third-order valence-electron chi connectivity index (χ3n) is 6.41. The molecule has 1 aliphatic heterocycles. The summed E-state index contributed by atoms with van der Waals surface area (Å²) in [7, 11) is 0. The molecule has 3 N–H and O–H groups in total. The number of aromatic nitrogens is 3. The van der Waals surface area contributed by atoms with Crippen LogP contribution in [0.1, 0.15) is 66.9 Å². The molecule has 3 aromatic rings. The van der Waals surface area contributed by atoms with Crippen LogP contribution in [0.2, 0.25) is 0 Å². The number of fused-ring (bicyclic) bond motifs is 3. The first-order chi connectivity index (χ1) is 14.2. The topological polar surface area (TPSA) is 91.3 Å². The number of hydrogen-bond acceptors (Lipinski definition) is 4. The van der Waals surface area contributed by atoms with Gasteiger partial charge in [-0.25, -0.2) is 4.52 Å². The van der Waals surface area contributed by atoms with Crippen LogP contribution in [0.25, 0.3) is 16.6 Å². The molecule has 0 atom stereocenters. The van der Waals surface area contributed by atoms with Crippen molar-refractivity contribution in [1.82, 2.24) is 25.2 Å². The number of aromatic amines is 1. The molecule has 0 unspecified atom stereocenters. The number of hydrogen-bond donors (Lipinski definition) is 3. The van der Waals surface area contributed by atoms with E-state index in [2.05, 4.69) is 15.6 Å². The van der Waals surface area contributed by atoms with Crippen molar-refractivity contribution in [2.75, 3.05) is 13.1 Å². The Bertz CT molecular complexity index is 1110. The molecule has 8 heteroatoms. The van der Waals surface area contributed by atoms with E-state index >= 15 is 0 Å². The van der Waals surface area contributed by atoms with Gasteiger partial charge in [0.1, 0.15) is 5.65 Å². The Morgan fingerprint density at radius 2 is 1.87 bits per heavy atom. The molecule has 2 fully saturated rings. The fourth-order valence-corrected chi connectivity index (χ4v) is 4.89. The van der Waals surface area contributed by atoms with Crippen molar-refractivity contribution in [3.05, 3.63) is 45.9 Å². The summed E-state index contributed by atoms with van der Waals surface area (Å²) in [5.41, 5.74) is 2.73. The van der Waals surface area contributed by atoms with Gasteiger partial charge in [-0.05, 0) is 50.9 Å². The van der Waals surface area contributed by atoms with Gasteiger partial charge in [0, 0.05) is 18.0 Å². The second kappa shape index (κ2) is 8.78. The van der Waals surface area contributed by atoms with E-state index in [1.807, 2.05) is 22.7 Å². The van der Waals surface area contributed by atoms with E-state index in [0.717, 1.165) is 55.4 Å². The molecule has 3 heterocycles. The number of rotatable bonds is 3. The summed E-state index contributed by atoms with van der Waals surface area (Å²) in [6.45, 7) is 1.88. The minimum Gasteiger partial charge on any atom is -0.349 e. The van der Waals surface area contributed by atoms with Gasteiger partial charge in [0.25, 0.3) is 11.5 Å². The van der Waals surface area contributed by atoms with Gasteiger partial charge in [-0.1, -0.05) is 25.3 Å². The number of nitrogens with zero attached hydrogens (tertiary/aromatic N) is 2. The molecule has 7 nitrogen and oxygen atoms in total. The fraction of sp³-hybridized carbons (Fsp3) is 0.500. The molecule has 0 spiro atoms. The number of nitrogens with one attached hydrogen (secondary N) is 3. The van der Waals surface area contributed by atoms with Crippen LogP contribution in [0.5, 0.6) is 0 Å². The van der Waals surface area contributed by atoms with Gasteiger partial charge >= 0.3 is 0 Å². The molecular formula is C22H28ClN5O2. The quantitative estimate of drug-likeness (QED) is 0.596. The summed E-state index contributed by atoms with van der Waals surface area (Å²) in [5, 5.41) is 12.1. The number of halogens is 1. The van der Waals surface area contributed by atoms with E-state index in [0.29, 0.717) is 11.2 Å². The average Bonchev–Trinajstić information content (AvgIpc) is 3.13. The summed E-state index contributed by atoms with van der Waals surface area (Å²) in [4.78, 5) is 28.5. The Balaban J connectivity index is 0.00000218. The van der Waals surface area contributed by atoms with Crippen LogP contribution >= 0.6 is 12.4 Å². The van der Waals surface area contributed by atoms with Gasteiger partial charge in [-0.2, -0.15) is 5.10 Å². The molecule has 1 aromatic carbocycles. The zero-order valence-electron chi connectivity index (χ0n) is 16.9. The van der Waals surface area contributed by atoms with Crippen molar-refractivity contribution < 1.29 is 4.79 Å². The summed E-state index contributed by atoms with van der Waals surface area (Å²) < 4.78 is 1.85. The van der Waals surface area contributed by atoms with Crippen molar-refractivity contribution in [2.45, 2.75) is 56.9 Å². The maximum atomic E-state index is 13.1. The highest BCUT2D eigenvalue weighted by Crippen LogP contribution is 2.28. The van der Waals surface area contributed by atoms with Crippen LogP contribution in [0.3, 0.4) is 0 Å². The lowest BCUT2D eigenvalue weighted by atomic mass is 9.94. The van der Waals surface area contributed by atoms with E-state index in [9.17, 15) is 9.59 Å². The van der Waals surface area contributed by atoms with Gasteiger partial charge in [0.05, 0.1) is 22.2 Å². The van der Waals surface area contributed by atoms with Crippen molar-refractivity contribution in [3.8, 4) is 0 Å². The first kappa shape index (κ1) is 20.9. The summed E-state index contributed by atoms with van der Waals surface area (Å²) in [6, 6.07) is 7.50. The Kier molecular flexibility index (Phi) is 6.11. The lowest BCUT2D eigenvalue weighted by Crippen LogP contribution is -2.36. The van der Waals surface area contributed by atoms with E-state index < -0.39 is 0 Å². The molecule has 30 heavy (non-hydrogen) atoms. The molecule has 2 aliphatic rings. The highest BCUT2D eigenvalue weighted by atomic mass is 35.5. The first-order valence-electron chi connectivity index (χ1n) is 10.8. The Labute approximate surface area is 181 Å². The number of carbonyl (C=O) groups excluding carboxylic acids is 1. The van der Waals surface area contributed by atoms with Crippen molar-refractivity contribution in [2.24, 2.45) is 0 Å². The Morgan fingerprint density at radius 3 is 2.63 bits per heavy atom. The molecule has 1 saturated heterocycles. The van der Waals surface area contributed by atoms with Gasteiger partial charge < -0.3 is 15.6 Å². The van der Waals surface area contributed by atoms with Gasteiger partial charge in [0.15, 0.2) is 0 Å². The van der Waals surface area contributed by atoms with Crippen LogP contribution in [0.4, 0.5) is 0 Å². The van der Waals surface area contributed by atoms with E-state index in [1.54, 1.807) is 6.07 Å². The monoisotopic (exact) mass is 429 g/mol. The zero-order chi connectivity index (χ0) is 19.8. The third-order valence-corrected chi connectivity index (χ3v) is 6.41. The summed E-state index contributed by atoms with van der Waals surface area (Å²) in [6.07, 6.45) is 7.60. The van der Waals surface area contributed by atoms with E-state index in [1.165, 1.54) is 19.3 Å². The highest BCUT2D eigenvalue weighted by molar-refractivity contribution is 6.11. The number of H-pyrrole nitrogens is 1. The van der Waals surface area contributed by atoms with Crippen LogP contribution in [0, 0.1) is 0 Å². The number of piperidine rings is 1. The van der Waals surface area contributed by atoms with Gasteiger partial charge in [-0.3, -0.25) is 9.59 Å². The van der Waals surface area contributed by atoms with Gasteiger partial charge in [0.2, 0.25) is 0 Å². The van der Waals surface area contributed by atoms with Gasteiger partial charge in [-0.15, -0.1) is 12.4 Å². The van der Waals surface area contributed by atoms with Crippen molar-refractivity contribution >= 4 is 34.9 Å². The summed E-state index contributed by atoms with van der Waals surface area (Å²) in [5.74, 6) is 0.209. The molecule has 160 valence electrons. The lowest BCUT2D eigenvalue weighted by Gasteiger charge is -2.23. The number of amides is 1. The van der Waals surface area contributed by atoms with Crippen LogP contribution in [-0.2, 0) is 0 Å². The molecular weight excluding hydrogens is 402 g/mol. The molecule has 1 aliphatic carbocycles. The maximum absolute atomic E-state index is 13.1. The first-order valence-corrected chi connectivity index (χ1v) is 10.8. The second-order valence-corrected chi connectivity index (χ2v) is 8.35. The molecule has 0 bridgehead atoms. The average molecular weight is 430 g/mol. The number of benzene rings is 1. The second-order valence-electron chi connectivity index (χ2n) is 8.35. The number of carbonyl (C=O) groups is 1. The normalized spacial score (nSPS) is 18.4. The third kappa shape index (κ3) is 3.84. The van der Waals surface area contributed by atoms with Crippen LogP contribution in [0.15, 0.2) is 29.1 Å². The molecule has 1 saturated carbocycles. The van der Waals surface area contributed by atoms with Crippen molar-refractivity contribution in [1.29, 1.82) is 0 Å². The Hall–Kier alpha value is -2.38. The predicted molar refractivity (Wildman–Crippen MR) is 120 cm³/mol. The maximum Gasteiger partial charge on any atom is 0.252 e. The lowest BCUT2D eigenvalue weighted by molar-refractivity contribution is 0.0929. The standard InChI is InChI=1S/C22H27N5O2.ClH/c28-19-13-18(14-9-11-23-12-10-14)27-21(25-19)20-16(7-4-8-17(20)26-27)22(29)24-15-5-2-1-3-6-15;/h4,7-8,13-15,23H,1-3,5-6,9-12H2,(H,24,29)(H,25,28);1H. The van der Waals surface area contributed by atoms with Crippen LogP contribution in [-0.4, -0.2) is 39.6 Å². The highest BCUT2D eigenvalue weighted by Gasteiger charge is 2.24. The smallest absolute Gasteiger partial charge is 0.252 e. The minimum absolute atomic E-state index is 0. The molecule has 0 radical (unpaired) electrons. The molecule has 1 amide bonds. The zero-order valence-corrected chi connectivity index (χ0v) is 17.8. The Morgan fingerprint density at radius 1 is 1.10 bits per heavy atom. The molecule has 5 rings (SSSR count). The van der Waals surface area contributed by atoms with Crippen molar-refractivity contribution in [3.63, 3.8) is 0 Å². The predicted octanol–water partition coefficient (Wildman–Crippen LogP) is 3.13. The largest absolute Gasteiger partial charge is 0.349 e. The SMILES string of the molecule is Cl.O=C(NC1CCCCC1)c1cccc2nn3c(C4CCNCC4)cc(=O)[nH]c3c12. The van der Waals surface area contributed by atoms with E-state index in [-0.39, 0.29) is 35.8 Å². The molecule has 2 aromatic heterocycles. The van der Waals surface area contributed by atoms with E-state index in [4.69, 9.17) is 5.10 Å². The van der Waals surface area contributed by atoms with Crippen LogP contribution < -0.4 is 16.2 Å². The summed E-state index contributed by atoms with van der Waals surface area (Å²) >= 11 is 0. The fourth-order valence-electron chi connectivity index (χ4n) is 4.89. The minimum atomic E-state index is -0.143.